The quantitative estimate of drug-likeness (QED) is 0.177. The maximum absolute atomic E-state index is 13.7. The molecule has 0 radical (unpaired) electrons. The number of methoxy groups -OCH3 is 1. The molecule has 1 fully saturated rings. The number of hydrogen-bond donors (Lipinski definition) is 1. The van der Waals surface area contributed by atoms with E-state index in [9.17, 15) is 9.59 Å². The van der Waals surface area contributed by atoms with Crippen molar-refractivity contribution < 1.29 is 42.7 Å². The minimum absolute atomic E-state index is 0.0643. The maximum Gasteiger partial charge on any atom is 0.342 e. The smallest absolute Gasteiger partial charge is 0.342 e. The van der Waals surface area contributed by atoms with Crippen LogP contribution in [0.3, 0.4) is 0 Å². The highest BCUT2D eigenvalue weighted by Gasteiger charge is 2.45. The van der Waals surface area contributed by atoms with Crippen LogP contribution in [0.25, 0.3) is 6.08 Å². The van der Waals surface area contributed by atoms with E-state index in [1.165, 1.54) is 7.11 Å². The summed E-state index contributed by atoms with van der Waals surface area (Å²) >= 11 is 0. The topological polar surface area (TPSA) is 111 Å². The predicted molar refractivity (Wildman–Crippen MR) is 165 cm³/mol. The van der Waals surface area contributed by atoms with E-state index in [0.29, 0.717) is 36.4 Å². The number of esters is 2. The van der Waals surface area contributed by atoms with Crippen LogP contribution in [0.15, 0.2) is 60.7 Å². The molecule has 2 heterocycles. The zero-order valence-corrected chi connectivity index (χ0v) is 26.2. The highest BCUT2D eigenvalue weighted by atomic mass is 16.8. The van der Waals surface area contributed by atoms with Gasteiger partial charge in [0.2, 0.25) is 0 Å². The van der Waals surface area contributed by atoms with Crippen molar-refractivity contribution in [2.75, 3.05) is 34.1 Å². The molecule has 0 aromatic heterocycles. The summed E-state index contributed by atoms with van der Waals surface area (Å²) < 4.78 is 41.4. The van der Waals surface area contributed by atoms with E-state index in [-0.39, 0.29) is 24.0 Å². The molecule has 4 unspecified atom stereocenters. The number of carbonyl (C=O) groups excluding carboxylic acids is 2. The summed E-state index contributed by atoms with van der Waals surface area (Å²) in [5.74, 6) is -1.35. The van der Waals surface area contributed by atoms with Crippen LogP contribution in [-0.2, 0) is 23.7 Å². The summed E-state index contributed by atoms with van der Waals surface area (Å²) in [6.07, 6.45) is 5.44. The number of hydrogen-bond acceptors (Lipinski definition) is 10. The molecule has 4 rings (SSSR count). The Hall–Kier alpha value is -3.70. The number of fused-ring (bicyclic) bond motifs is 2. The lowest BCUT2D eigenvalue weighted by molar-refractivity contribution is -0.152. The molecule has 2 aromatic carbocycles. The van der Waals surface area contributed by atoms with Crippen LogP contribution in [0.1, 0.15) is 60.4 Å². The highest BCUT2D eigenvalue weighted by molar-refractivity contribution is 5.97. The molecule has 0 saturated carbocycles. The van der Waals surface area contributed by atoms with Gasteiger partial charge in [0.1, 0.15) is 42.0 Å². The van der Waals surface area contributed by atoms with Crippen LogP contribution in [0.5, 0.6) is 11.5 Å². The molecule has 10 heteroatoms. The number of carbonyl (C=O) groups is 2. The Morgan fingerprint density at radius 1 is 1.07 bits per heavy atom. The minimum atomic E-state index is -0.909. The van der Waals surface area contributed by atoms with Gasteiger partial charge in [-0.3, -0.25) is 0 Å². The second-order valence-corrected chi connectivity index (χ2v) is 11.3. The van der Waals surface area contributed by atoms with E-state index < -0.39 is 42.1 Å². The fourth-order valence-corrected chi connectivity index (χ4v) is 4.96. The lowest BCUT2D eigenvalue weighted by atomic mass is 9.98. The molecule has 2 aliphatic heterocycles. The molecule has 5 atom stereocenters. The van der Waals surface area contributed by atoms with E-state index in [4.69, 9.17) is 33.2 Å². The van der Waals surface area contributed by atoms with Gasteiger partial charge in [0.15, 0.2) is 12.6 Å². The third-order valence-corrected chi connectivity index (χ3v) is 7.36. The first kappa shape index (κ1) is 33.2. The molecule has 10 nitrogen and oxygen atoms in total. The standard InChI is InChI=1S/C34H43NO9/c1-22-15-16-27(42-32(36)24-11-8-7-9-12-24)31-28(43-34(3,4)44-31)14-10-13-25-19-26(39-18-17-35-5)20-29(40-21-38-6)30(25)33(37)41-23(22)2/h7-13,15-16,19-20,22-23,27-28,31,35H,14,17-18,21H2,1-6H3/b13-10?,16-15-/t22-,23?,27?,28?,31?/m1/s1. The van der Waals surface area contributed by atoms with Gasteiger partial charge in [0.25, 0.3) is 0 Å². The first-order valence-electron chi connectivity index (χ1n) is 14.9. The molecule has 2 aromatic rings. The molecular formula is C34H43NO9. The monoisotopic (exact) mass is 609 g/mol. The van der Waals surface area contributed by atoms with Gasteiger partial charge in [0.05, 0.1) is 11.7 Å². The summed E-state index contributed by atoms with van der Waals surface area (Å²) in [7, 11) is 3.35. The van der Waals surface area contributed by atoms with Crippen molar-refractivity contribution in [3.63, 3.8) is 0 Å². The average molecular weight is 610 g/mol. The van der Waals surface area contributed by atoms with Gasteiger partial charge < -0.3 is 38.5 Å². The van der Waals surface area contributed by atoms with E-state index in [0.717, 1.165) is 0 Å². The average Bonchev–Trinajstić information content (AvgIpc) is 3.31. The molecule has 0 amide bonds. The van der Waals surface area contributed by atoms with Crippen LogP contribution in [0, 0.1) is 5.92 Å². The van der Waals surface area contributed by atoms with Gasteiger partial charge in [0, 0.05) is 25.6 Å². The second kappa shape index (κ2) is 15.3. The molecule has 1 saturated heterocycles. The largest absolute Gasteiger partial charge is 0.492 e. The molecular weight excluding hydrogens is 566 g/mol. The summed E-state index contributed by atoms with van der Waals surface area (Å²) in [5, 5.41) is 3.05. The van der Waals surface area contributed by atoms with Crippen LogP contribution >= 0.6 is 0 Å². The Morgan fingerprint density at radius 2 is 1.84 bits per heavy atom. The zero-order valence-electron chi connectivity index (χ0n) is 26.2. The van der Waals surface area contributed by atoms with Gasteiger partial charge in [-0.1, -0.05) is 43.4 Å². The summed E-state index contributed by atoms with van der Waals surface area (Å²) in [4.78, 5) is 26.8. The Kier molecular flexibility index (Phi) is 11.6. The van der Waals surface area contributed by atoms with Crippen molar-refractivity contribution in [1.82, 2.24) is 5.32 Å². The van der Waals surface area contributed by atoms with Gasteiger partial charge >= 0.3 is 11.9 Å². The van der Waals surface area contributed by atoms with Crippen molar-refractivity contribution >= 4 is 18.0 Å². The molecule has 0 aliphatic carbocycles. The van der Waals surface area contributed by atoms with Crippen LogP contribution in [0.4, 0.5) is 0 Å². The molecule has 0 bridgehead atoms. The minimum Gasteiger partial charge on any atom is -0.492 e. The van der Waals surface area contributed by atoms with E-state index in [1.807, 2.05) is 59.0 Å². The van der Waals surface area contributed by atoms with Gasteiger partial charge in [-0.15, -0.1) is 0 Å². The lowest BCUT2D eigenvalue weighted by Gasteiger charge is -2.25. The number of rotatable bonds is 9. The second-order valence-electron chi connectivity index (χ2n) is 11.3. The third-order valence-electron chi connectivity index (χ3n) is 7.36. The van der Waals surface area contributed by atoms with Gasteiger partial charge in [-0.25, -0.2) is 9.59 Å². The first-order chi connectivity index (χ1) is 21.1. The molecule has 0 spiro atoms. The van der Waals surface area contributed by atoms with Crippen LogP contribution in [0.2, 0.25) is 0 Å². The van der Waals surface area contributed by atoms with Gasteiger partial charge in [-0.2, -0.15) is 0 Å². The molecule has 238 valence electrons. The van der Waals surface area contributed by atoms with E-state index in [2.05, 4.69) is 5.32 Å². The fraction of sp³-hybridized carbons (Fsp3) is 0.471. The molecule has 2 aliphatic rings. The van der Waals surface area contributed by atoms with E-state index >= 15 is 0 Å². The highest BCUT2D eigenvalue weighted by Crippen LogP contribution is 2.36. The van der Waals surface area contributed by atoms with Crippen molar-refractivity contribution in [1.29, 1.82) is 0 Å². The van der Waals surface area contributed by atoms with Crippen LogP contribution < -0.4 is 14.8 Å². The Morgan fingerprint density at radius 3 is 2.57 bits per heavy atom. The van der Waals surface area contributed by atoms with Crippen molar-refractivity contribution in [2.45, 2.75) is 64.3 Å². The zero-order chi connectivity index (χ0) is 31.7. The number of nitrogens with one attached hydrogen (secondary N) is 1. The Labute approximate surface area is 259 Å². The van der Waals surface area contributed by atoms with Crippen LogP contribution in [-0.4, -0.2) is 76.2 Å². The number of cyclic esters (lactones) is 1. The summed E-state index contributed by atoms with van der Waals surface area (Å²) in [6, 6.07) is 12.2. The summed E-state index contributed by atoms with van der Waals surface area (Å²) in [5.41, 5.74) is 1.24. The van der Waals surface area contributed by atoms with E-state index in [1.54, 1.807) is 42.5 Å². The summed E-state index contributed by atoms with van der Waals surface area (Å²) in [6.45, 7) is 8.39. The maximum atomic E-state index is 13.7. The fourth-order valence-electron chi connectivity index (χ4n) is 4.96. The SMILES string of the molecule is CNCCOc1cc2c(c(OCOC)c1)C(=O)OC(C)[C@H](C)/C=C\C(OC(=O)c1ccccc1)C1OC(C)(C)OC1CC=C2. The normalized spacial score (nSPS) is 25.6. The third kappa shape index (κ3) is 8.69. The Bertz CT molecular complexity index is 1320. The molecule has 1 N–H and O–H groups in total. The predicted octanol–water partition coefficient (Wildman–Crippen LogP) is 5.17. The first-order valence-corrected chi connectivity index (χ1v) is 14.9. The number of likely N-dealkylation sites (N-methyl/N-ethyl adjacent to an activating group) is 1. The van der Waals surface area contributed by atoms with Crippen molar-refractivity contribution in [3.8, 4) is 11.5 Å². The van der Waals surface area contributed by atoms with Crippen molar-refractivity contribution in [2.24, 2.45) is 5.92 Å². The number of benzene rings is 2. The van der Waals surface area contributed by atoms with Crippen molar-refractivity contribution in [3.05, 3.63) is 77.4 Å². The number of ether oxygens (including phenoxy) is 7. The van der Waals surface area contributed by atoms with Gasteiger partial charge in [-0.05, 0) is 64.1 Å². The molecule has 44 heavy (non-hydrogen) atoms. The Balaban J connectivity index is 1.73. The lowest BCUT2D eigenvalue weighted by Crippen LogP contribution is -2.37.